The highest BCUT2D eigenvalue weighted by Gasteiger charge is 2.18. The Bertz CT molecular complexity index is 595. The summed E-state index contributed by atoms with van der Waals surface area (Å²) in [5.41, 5.74) is 1.59. The highest BCUT2D eigenvalue weighted by atomic mass is 127. The fourth-order valence-electron chi connectivity index (χ4n) is 1.48. The van der Waals surface area contributed by atoms with Gasteiger partial charge in [0.1, 0.15) is 0 Å². The van der Waals surface area contributed by atoms with Gasteiger partial charge in [-0.15, -0.1) is 0 Å². The lowest BCUT2D eigenvalue weighted by Crippen LogP contribution is -2.02. The van der Waals surface area contributed by atoms with Crippen LogP contribution < -0.4 is 0 Å². The summed E-state index contributed by atoms with van der Waals surface area (Å²) in [5.74, 6) is -1.03. The molecule has 0 aliphatic rings. The van der Waals surface area contributed by atoms with Crippen molar-refractivity contribution in [1.29, 1.82) is 0 Å². The number of carbonyl (C=O) groups is 1. The number of nitrogens with zero attached hydrogens (tertiary/aromatic N) is 2. The van der Waals surface area contributed by atoms with Crippen molar-refractivity contribution in [1.82, 2.24) is 9.78 Å². The van der Waals surface area contributed by atoms with Gasteiger partial charge in [0.15, 0.2) is 5.69 Å². The lowest BCUT2D eigenvalue weighted by Gasteiger charge is -2.04. The van der Waals surface area contributed by atoms with E-state index in [9.17, 15) is 4.79 Å². The van der Waals surface area contributed by atoms with Gasteiger partial charge in [-0.2, -0.15) is 5.10 Å². The van der Waals surface area contributed by atoms with Crippen LogP contribution in [0.1, 0.15) is 16.2 Å². The van der Waals surface area contributed by atoms with E-state index in [4.69, 9.17) is 16.7 Å². The second-order valence-corrected chi connectivity index (χ2v) is 4.96. The van der Waals surface area contributed by atoms with E-state index >= 15 is 0 Å². The van der Waals surface area contributed by atoms with Crippen LogP contribution in [0, 0.1) is 10.5 Å². The molecule has 1 heterocycles. The zero-order valence-electron chi connectivity index (χ0n) is 8.82. The van der Waals surface area contributed by atoms with Crippen molar-refractivity contribution in [2.24, 2.45) is 0 Å². The summed E-state index contributed by atoms with van der Waals surface area (Å²) < 4.78 is 2.21. The maximum absolute atomic E-state index is 11.0. The summed E-state index contributed by atoms with van der Waals surface area (Å²) in [5, 5.41) is 13.7. The number of rotatable bonds is 2. The Labute approximate surface area is 116 Å². The largest absolute Gasteiger partial charge is 0.476 e. The Morgan fingerprint density at radius 3 is 2.76 bits per heavy atom. The van der Waals surface area contributed by atoms with Crippen molar-refractivity contribution in [3.8, 4) is 5.69 Å². The molecule has 88 valence electrons. The van der Waals surface area contributed by atoms with Gasteiger partial charge in [0, 0.05) is 5.02 Å². The maximum atomic E-state index is 11.0. The number of aromatic carboxylic acids is 1. The maximum Gasteiger partial charge on any atom is 0.357 e. The summed E-state index contributed by atoms with van der Waals surface area (Å²) in [6.07, 6.45) is 0. The molecule has 0 fully saturated rings. The Kier molecular flexibility index (Phi) is 3.39. The molecule has 2 aromatic rings. The number of carboxylic acids is 1. The van der Waals surface area contributed by atoms with Crippen molar-refractivity contribution >= 4 is 40.2 Å². The van der Waals surface area contributed by atoms with Crippen LogP contribution in [0.25, 0.3) is 5.69 Å². The highest BCUT2D eigenvalue weighted by molar-refractivity contribution is 14.1. The summed E-state index contributed by atoms with van der Waals surface area (Å²) in [6, 6.07) is 7.12. The fourth-order valence-corrected chi connectivity index (χ4v) is 2.23. The van der Waals surface area contributed by atoms with E-state index in [1.165, 1.54) is 0 Å². The highest BCUT2D eigenvalue weighted by Crippen LogP contribution is 2.21. The molecule has 1 aromatic carbocycles. The first-order chi connectivity index (χ1) is 8.00. The fraction of sp³-hybridized carbons (Fsp3) is 0.0909. The first-order valence-corrected chi connectivity index (χ1v) is 6.20. The minimum absolute atomic E-state index is 0.0584. The number of halogens is 2. The molecule has 6 heteroatoms. The van der Waals surface area contributed by atoms with Gasteiger partial charge in [0.25, 0.3) is 0 Å². The molecule has 0 saturated carbocycles. The van der Waals surface area contributed by atoms with Crippen molar-refractivity contribution in [3.05, 3.63) is 44.2 Å². The van der Waals surface area contributed by atoms with Gasteiger partial charge in [-0.3, -0.25) is 0 Å². The topological polar surface area (TPSA) is 55.1 Å². The molecule has 17 heavy (non-hydrogen) atoms. The van der Waals surface area contributed by atoms with E-state index in [2.05, 4.69) is 5.10 Å². The quantitative estimate of drug-likeness (QED) is 0.835. The summed E-state index contributed by atoms with van der Waals surface area (Å²) in [6.45, 7) is 1.82. The minimum atomic E-state index is -1.03. The smallest absolute Gasteiger partial charge is 0.357 e. The van der Waals surface area contributed by atoms with Crippen molar-refractivity contribution < 1.29 is 9.90 Å². The molecular weight excluding hydrogens is 354 g/mol. The van der Waals surface area contributed by atoms with Crippen molar-refractivity contribution in [2.75, 3.05) is 0 Å². The summed E-state index contributed by atoms with van der Waals surface area (Å²) in [4.78, 5) is 11.0. The molecule has 0 spiro atoms. The van der Waals surface area contributed by atoms with E-state index in [0.29, 0.717) is 8.59 Å². The van der Waals surface area contributed by atoms with Gasteiger partial charge >= 0.3 is 5.97 Å². The van der Waals surface area contributed by atoms with Crippen LogP contribution >= 0.6 is 34.2 Å². The third kappa shape index (κ3) is 2.30. The molecule has 2 rings (SSSR count). The third-order valence-corrected chi connectivity index (χ3v) is 3.83. The third-order valence-electron chi connectivity index (χ3n) is 2.30. The molecule has 0 aliphatic carbocycles. The van der Waals surface area contributed by atoms with E-state index in [1.54, 1.807) is 22.9 Å². The first kappa shape index (κ1) is 12.4. The molecule has 4 nitrogen and oxygen atoms in total. The van der Waals surface area contributed by atoms with Gasteiger partial charge in [-0.1, -0.05) is 17.7 Å². The predicted molar refractivity (Wildman–Crippen MR) is 73.0 cm³/mol. The van der Waals surface area contributed by atoms with E-state index in [-0.39, 0.29) is 5.69 Å². The lowest BCUT2D eigenvalue weighted by atomic mass is 10.3. The van der Waals surface area contributed by atoms with Gasteiger partial charge in [0.05, 0.1) is 15.0 Å². The monoisotopic (exact) mass is 362 g/mol. The zero-order chi connectivity index (χ0) is 12.6. The molecule has 0 aliphatic heterocycles. The minimum Gasteiger partial charge on any atom is -0.476 e. The molecule has 1 N–H and O–H groups in total. The first-order valence-electron chi connectivity index (χ1n) is 4.75. The van der Waals surface area contributed by atoms with Gasteiger partial charge in [-0.25, -0.2) is 9.48 Å². The van der Waals surface area contributed by atoms with Crippen LogP contribution in [0.2, 0.25) is 5.02 Å². The second kappa shape index (κ2) is 4.66. The van der Waals surface area contributed by atoms with Crippen molar-refractivity contribution in [2.45, 2.75) is 6.92 Å². The molecular formula is C11H8ClIN2O2. The average Bonchev–Trinajstić information content (AvgIpc) is 2.56. The average molecular weight is 363 g/mol. The molecule has 0 radical (unpaired) electrons. The molecule has 0 bridgehead atoms. The van der Waals surface area contributed by atoms with Gasteiger partial charge < -0.3 is 5.11 Å². The molecule has 1 aromatic heterocycles. The number of benzene rings is 1. The van der Waals surface area contributed by atoms with E-state index in [0.717, 1.165) is 11.4 Å². The van der Waals surface area contributed by atoms with Crippen LogP contribution in [-0.4, -0.2) is 20.9 Å². The lowest BCUT2D eigenvalue weighted by molar-refractivity contribution is 0.0689. The normalized spacial score (nSPS) is 10.5. The zero-order valence-corrected chi connectivity index (χ0v) is 11.7. The van der Waals surface area contributed by atoms with Crippen LogP contribution in [0.5, 0.6) is 0 Å². The van der Waals surface area contributed by atoms with Crippen LogP contribution in [0.15, 0.2) is 24.3 Å². The van der Waals surface area contributed by atoms with E-state index < -0.39 is 5.97 Å². The molecule has 0 unspecified atom stereocenters. The Morgan fingerprint density at radius 2 is 2.24 bits per heavy atom. The number of hydrogen-bond acceptors (Lipinski definition) is 2. The predicted octanol–water partition coefficient (Wildman–Crippen LogP) is 3.14. The van der Waals surface area contributed by atoms with Crippen molar-refractivity contribution in [3.63, 3.8) is 0 Å². The second-order valence-electron chi connectivity index (χ2n) is 3.44. The Balaban J connectivity index is 2.61. The number of carboxylic acid groups (broad SMARTS) is 1. The summed E-state index contributed by atoms with van der Waals surface area (Å²) >= 11 is 7.88. The molecule has 0 saturated heterocycles. The van der Waals surface area contributed by atoms with Crippen LogP contribution in [0.4, 0.5) is 0 Å². The van der Waals surface area contributed by atoms with Crippen LogP contribution in [0.3, 0.4) is 0 Å². The van der Waals surface area contributed by atoms with E-state index in [1.807, 2.05) is 35.6 Å². The number of aromatic nitrogens is 2. The van der Waals surface area contributed by atoms with Crippen LogP contribution in [-0.2, 0) is 0 Å². The molecule has 0 amide bonds. The van der Waals surface area contributed by atoms with Gasteiger partial charge in [0.2, 0.25) is 0 Å². The standard InChI is InChI=1S/C11H8ClIN2O2/c1-6-9(13)10(11(16)17)14-15(6)8-4-2-3-7(12)5-8/h2-5H,1H3,(H,16,17). The SMILES string of the molecule is Cc1c(I)c(C(=O)O)nn1-c1cccc(Cl)c1. The Hall–Kier alpha value is -1.08. The van der Waals surface area contributed by atoms with Gasteiger partial charge in [-0.05, 0) is 47.7 Å². The Morgan fingerprint density at radius 1 is 1.53 bits per heavy atom. The summed E-state index contributed by atoms with van der Waals surface area (Å²) in [7, 11) is 0. The number of hydrogen-bond donors (Lipinski definition) is 1. The molecule has 0 atom stereocenters.